The van der Waals surface area contributed by atoms with Crippen LogP contribution in [-0.4, -0.2) is 84.5 Å². The van der Waals surface area contributed by atoms with Gasteiger partial charge >= 0.3 is 0 Å². The first-order valence-electron chi connectivity index (χ1n) is 16.2. The maximum absolute atomic E-state index is 14.5. The predicted octanol–water partition coefficient (Wildman–Crippen LogP) is 3.13. The predicted molar refractivity (Wildman–Crippen MR) is 179 cm³/mol. The average molecular weight is 690 g/mol. The number of ketones is 1. The molecule has 0 unspecified atom stereocenters. The van der Waals surface area contributed by atoms with Gasteiger partial charge < -0.3 is 35.6 Å². The van der Waals surface area contributed by atoms with Gasteiger partial charge in [-0.3, -0.25) is 24.0 Å². The number of hydrogen-bond donors (Lipinski definition) is 3. The molecule has 264 valence electrons. The minimum absolute atomic E-state index is 0.0253. The van der Waals surface area contributed by atoms with Crippen LogP contribution in [0.2, 0.25) is 5.02 Å². The van der Waals surface area contributed by atoms with Gasteiger partial charge in [0, 0.05) is 30.9 Å². The summed E-state index contributed by atoms with van der Waals surface area (Å²) in [6.45, 7) is 11.2. The Bertz CT molecular complexity index is 1500. The van der Waals surface area contributed by atoms with Crippen LogP contribution in [0.15, 0.2) is 17.3 Å². The Kier molecular flexibility index (Phi) is 10.7. The van der Waals surface area contributed by atoms with Crippen LogP contribution in [0.1, 0.15) is 85.6 Å². The number of amides is 4. The maximum Gasteiger partial charge on any atom is 0.287 e. The highest BCUT2D eigenvalue weighted by atomic mass is 35.5. The van der Waals surface area contributed by atoms with E-state index in [1.165, 1.54) is 19.1 Å². The summed E-state index contributed by atoms with van der Waals surface area (Å²) in [5, 5.41) is 10.3. The van der Waals surface area contributed by atoms with Crippen LogP contribution in [0.3, 0.4) is 0 Å². The van der Waals surface area contributed by atoms with E-state index in [9.17, 15) is 24.0 Å². The van der Waals surface area contributed by atoms with Crippen LogP contribution in [0, 0.1) is 16.7 Å². The van der Waals surface area contributed by atoms with Gasteiger partial charge in [-0.2, -0.15) is 0 Å². The van der Waals surface area contributed by atoms with Crippen molar-refractivity contribution >= 4 is 46.7 Å². The molecule has 14 heteroatoms. The normalized spacial score (nSPS) is 22.0. The summed E-state index contributed by atoms with van der Waals surface area (Å²) in [6, 6.07) is 0.0640. The van der Waals surface area contributed by atoms with E-state index >= 15 is 0 Å². The fourth-order valence-corrected chi connectivity index (χ4v) is 6.47. The van der Waals surface area contributed by atoms with E-state index in [1.807, 2.05) is 41.5 Å². The molecule has 0 radical (unpaired) electrons. The second-order valence-corrected chi connectivity index (χ2v) is 15.8. The van der Waals surface area contributed by atoms with Gasteiger partial charge in [0.25, 0.3) is 5.91 Å². The van der Waals surface area contributed by atoms with Crippen LogP contribution in [0.4, 0.5) is 0 Å². The zero-order valence-electron chi connectivity index (χ0n) is 29.0. The molecule has 1 aliphatic carbocycles. The number of methoxy groups -OCH3 is 2. The highest BCUT2D eigenvalue weighted by Gasteiger charge is 2.56. The summed E-state index contributed by atoms with van der Waals surface area (Å²) in [5.74, 6) is -2.40. The zero-order chi connectivity index (χ0) is 35.8. The van der Waals surface area contributed by atoms with Gasteiger partial charge in [0.15, 0.2) is 5.60 Å². The SMILES string of the molecule is COc1cc(OC)c(C2=NO[C@]3(C2)C[C@@H](C(=O)N[C@@H](CC2CC2)C(=O)C(N)=O)N(C(=O)[C@@H](NC(=O)CC(C)(C)C)C(C)(C)C)C3)cc1Cl. The van der Waals surface area contributed by atoms with E-state index in [0.717, 1.165) is 12.8 Å². The van der Waals surface area contributed by atoms with Gasteiger partial charge in [-0.1, -0.05) is 71.1 Å². The first kappa shape index (κ1) is 37.0. The number of carbonyl (C=O) groups is 5. The lowest BCUT2D eigenvalue weighted by atomic mass is 9.84. The third-order valence-corrected chi connectivity index (χ3v) is 9.16. The van der Waals surface area contributed by atoms with E-state index in [1.54, 1.807) is 12.1 Å². The second kappa shape index (κ2) is 13.9. The maximum atomic E-state index is 14.5. The summed E-state index contributed by atoms with van der Waals surface area (Å²) < 4.78 is 10.9. The van der Waals surface area contributed by atoms with Crippen molar-refractivity contribution in [1.29, 1.82) is 0 Å². The molecular formula is C34H48ClN5O8. The molecule has 2 aliphatic heterocycles. The molecule has 4 amide bonds. The van der Waals surface area contributed by atoms with E-state index in [4.69, 9.17) is 31.6 Å². The molecule has 2 heterocycles. The minimum Gasteiger partial charge on any atom is -0.496 e. The molecular weight excluding hydrogens is 642 g/mol. The third kappa shape index (κ3) is 8.58. The zero-order valence-corrected chi connectivity index (χ0v) is 29.8. The number of nitrogens with one attached hydrogen (secondary N) is 2. The fraction of sp³-hybridized carbons (Fsp3) is 0.647. The average Bonchev–Trinajstić information content (AvgIpc) is 3.59. The largest absolute Gasteiger partial charge is 0.496 e. The molecule has 1 saturated heterocycles. The molecule has 2 fully saturated rings. The number of nitrogens with two attached hydrogens (primary N) is 1. The van der Waals surface area contributed by atoms with Gasteiger partial charge in [-0.25, -0.2) is 0 Å². The number of halogens is 1. The third-order valence-electron chi connectivity index (χ3n) is 8.86. The highest BCUT2D eigenvalue weighted by molar-refractivity contribution is 6.38. The lowest BCUT2D eigenvalue weighted by molar-refractivity contribution is -0.145. The number of Topliss-reactive ketones (excluding diaryl/α,β-unsaturated/α-hetero) is 1. The van der Waals surface area contributed by atoms with E-state index < -0.39 is 52.6 Å². The van der Waals surface area contributed by atoms with Gasteiger partial charge in [0.2, 0.25) is 23.5 Å². The number of benzene rings is 1. The molecule has 1 saturated carbocycles. The lowest BCUT2D eigenvalue weighted by Crippen LogP contribution is -2.59. The number of carbonyl (C=O) groups excluding carboxylic acids is 5. The van der Waals surface area contributed by atoms with Gasteiger partial charge in [-0.15, -0.1) is 0 Å². The Balaban J connectivity index is 1.67. The Morgan fingerprint density at radius 3 is 2.25 bits per heavy atom. The van der Waals surface area contributed by atoms with Gasteiger partial charge in [0.1, 0.15) is 23.6 Å². The number of likely N-dealkylation sites (tertiary alicyclic amines) is 1. The quantitative estimate of drug-likeness (QED) is 0.280. The van der Waals surface area contributed by atoms with Crippen molar-refractivity contribution in [2.75, 3.05) is 20.8 Å². The summed E-state index contributed by atoms with van der Waals surface area (Å²) in [7, 11) is 2.99. The lowest BCUT2D eigenvalue weighted by Gasteiger charge is -2.36. The van der Waals surface area contributed by atoms with Gasteiger partial charge in [-0.05, 0) is 29.2 Å². The molecule has 0 bridgehead atoms. The number of nitrogens with zero attached hydrogens (tertiary/aromatic N) is 2. The standard InChI is InChI=1S/C34H48ClN5O8/c1-32(2,3)16-26(41)38-28(33(4,5)6)31(45)40-17-34(14-22(39-48-34)19-12-20(35)25(47-8)13-24(19)46-7)15-23(40)30(44)37-21(11-18-9-10-18)27(42)29(36)43/h12-13,18,21,23,28H,9-11,14-17H2,1-8H3,(H2,36,43)(H,37,44)(H,38,41)/t21-,23-,28+,34+/m0/s1. The van der Waals surface area contributed by atoms with E-state index in [0.29, 0.717) is 27.8 Å². The van der Waals surface area contributed by atoms with E-state index in [2.05, 4.69) is 15.8 Å². The molecule has 1 aromatic carbocycles. The Labute approximate surface area is 286 Å². The van der Waals surface area contributed by atoms with Crippen LogP contribution in [0.5, 0.6) is 11.5 Å². The molecule has 1 aromatic rings. The molecule has 0 aromatic heterocycles. The molecule has 1 spiro atoms. The summed E-state index contributed by atoms with van der Waals surface area (Å²) in [4.78, 5) is 73.7. The molecule has 4 N–H and O–H groups in total. The van der Waals surface area contributed by atoms with Crippen LogP contribution >= 0.6 is 11.6 Å². The molecule has 4 rings (SSSR count). The number of rotatable bonds is 12. The first-order chi connectivity index (χ1) is 22.3. The van der Waals surface area contributed by atoms with Crippen molar-refractivity contribution in [2.24, 2.45) is 27.6 Å². The van der Waals surface area contributed by atoms with Crippen LogP contribution in [0.25, 0.3) is 0 Å². The highest BCUT2D eigenvalue weighted by Crippen LogP contribution is 2.43. The van der Waals surface area contributed by atoms with Crippen LogP contribution < -0.4 is 25.8 Å². The molecule has 4 atom stereocenters. The van der Waals surface area contributed by atoms with Crippen molar-refractivity contribution in [3.8, 4) is 11.5 Å². The van der Waals surface area contributed by atoms with Crippen molar-refractivity contribution in [3.63, 3.8) is 0 Å². The minimum atomic E-state index is -1.14. The number of hydrogen-bond acceptors (Lipinski definition) is 9. The number of ether oxygens (including phenoxy) is 2. The summed E-state index contributed by atoms with van der Waals surface area (Å²) >= 11 is 6.44. The Hall–Kier alpha value is -3.87. The monoisotopic (exact) mass is 689 g/mol. The molecule has 13 nitrogen and oxygen atoms in total. The van der Waals surface area contributed by atoms with Crippen molar-refractivity contribution in [1.82, 2.24) is 15.5 Å². The van der Waals surface area contributed by atoms with Gasteiger partial charge in [0.05, 0.1) is 37.5 Å². The van der Waals surface area contributed by atoms with Crippen molar-refractivity contribution in [2.45, 2.75) is 104 Å². The van der Waals surface area contributed by atoms with E-state index in [-0.39, 0.29) is 49.5 Å². The summed E-state index contributed by atoms with van der Waals surface area (Å²) in [5.41, 5.74) is 4.20. The summed E-state index contributed by atoms with van der Waals surface area (Å²) in [6.07, 6.45) is 2.44. The van der Waals surface area contributed by atoms with Crippen LogP contribution in [-0.2, 0) is 28.8 Å². The van der Waals surface area contributed by atoms with Crippen molar-refractivity contribution in [3.05, 3.63) is 22.7 Å². The number of oxime groups is 1. The van der Waals surface area contributed by atoms with Crippen molar-refractivity contribution < 1.29 is 38.3 Å². The molecule has 3 aliphatic rings. The topological polar surface area (TPSA) is 179 Å². The Morgan fingerprint density at radius 1 is 1.06 bits per heavy atom. The fourth-order valence-electron chi connectivity index (χ4n) is 6.23. The molecule has 48 heavy (non-hydrogen) atoms. The number of primary amides is 1. The second-order valence-electron chi connectivity index (χ2n) is 15.4. The Morgan fingerprint density at radius 2 is 1.71 bits per heavy atom. The smallest absolute Gasteiger partial charge is 0.287 e. The first-order valence-corrected chi connectivity index (χ1v) is 16.6.